The van der Waals surface area contributed by atoms with Gasteiger partial charge in [-0.25, -0.2) is 4.98 Å². The summed E-state index contributed by atoms with van der Waals surface area (Å²) in [5.41, 5.74) is 2.11. The molecular weight excluding hydrogens is 226 g/mol. The summed E-state index contributed by atoms with van der Waals surface area (Å²) in [6.45, 7) is 4.87. The highest BCUT2D eigenvalue weighted by Gasteiger charge is 2.18. The summed E-state index contributed by atoms with van der Waals surface area (Å²) in [6.07, 6.45) is 2.33. The molecule has 2 heterocycles. The smallest absolute Gasteiger partial charge is 0.121 e. The molecule has 0 aliphatic carbocycles. The van der Waals surface area contributed by atoms with Crippen LogP contribution in [0.15, 0.2) is 18.2 Å². The number of hydrogen-bond donors (Lipinski definition) is 2. The van der Waals surface area contributed by atoms with Crippen molar-refractivity contribution >= 4 is 11.0 Å². The predicted molar refractivity (Wildman–Crippen MR) is 72.1 cm³/mol. The number of imidazole rings is 1. The summed E-state index contributed by atoms with van der Waals surface area (Å²) in [4.78, 5) is 8.14. The molecule has 0 bridgehead atoms. The predicted octanol–water partition coefficient (Wildman–Crippen LogP) is 2.43. The van der Waals surface area contributed by atoms with Crippen molar-refractivity contribution < 1.29 is 4.74 Å². The molecule has 0 amide bonds. The van der Waals surface area contributed by atoms with E-state index in [4.69, 9.17) is 9.72 Å². The Morgan fingerprint density at radius 2 is 2.17 bits per heavy atom. The van der Waals surface area contributed by atoms with Crippen LogP contribution in [0.5, 0.6) is 5.75 Å². The molecule has 4 heteroatoms. The van der Waals surface area contributed by atoms with Gasteiger partial charge in [0.1, 0.15) is 11.6 Å². The van der Waals surface area contributed by atoms with Crippen LogP contribution in [0.3, 0.4) is 0 Å². The van der Waals surface area contributed by atoms with E-state index in [0.29, 0.717) is 12.5 Å². The Kier molecular flexibility index (Phi) is 3.19. The van der Waals surface area contributed by atoms with E-state index in [2.05, 4.69) is 10.3 Å². The fourth-order valence-electron chi connectivity index (χ4n) is 2.55. The lowest BCUT2D eigenvalue weighted by Crippen LogP contribution is -2.27. The van der Waals surface area contributed by atoms with Crippen molar-refractivity contribution in [1.82, 2.24) is 15.3 Å². The summed E-state index contributed by atoms with van der Waals surface area (Å²) < 4.78 is 5.51. The topological polar surface area (TPSA) is 49.9 Å². The van der Waals surface area contributed by atoms with E-state index in [1.54, 1.807) is 0 Å². The van der Waals surface area contributed by atoms with Crippen LogP contribution < -0.4 is 10.1 Å². The van der Waals surface area contributed by atoms with Crippen molar-refractivity contribution in [3.05, 3.63) is 24.0 Å². The van der Waals surface area contributed by atoms with E-state index >= 15 is 0 Å². The van der Waals surface area contributed by atoms with Gasteiger partial charge in [0, 0.05) is 12.0 Å². The number of ether oxygens (including phenoxy) is 1. The lowest BCUT2D eigenvalue weighted by atomic mass is 9.98. The number of benzene rings is 1. The Morgan fingerprint density at radius 1 is 1.33 bits per heavy atom. The Labute approximate surface area is 107 Å². The summed E-state index contributed by atoms with van der Waals surface area (Å²) in [5, 5.41) is 3.38. The zero-order chi connectivity index (χ0) is 12.4. The maximum absolute atomic E-state index is 5.51. The van der Waals surface area contributed by atoms with Gasteiger partial charge in [0.05, 0.1) is 17.6 Å². The standard InChI is InChI=1S/C14H19N3O/c1-2-18-11-3-4-12-13(9-11)17-14(16-12)10-5-7-15-8-6-10/h3-4,9-10,15H,2,5-8H2,1H3,(H,16,17). The van der Waals surface area contributed by atoms with Crippen molar-refractivity contribution in [2.24, 2.45) is 0 Å². The van der Waals surface area contributed by atoms with E-state index in [1.807, 2.05) is 25.1 Å². The van der Waals surface area contributed by atoms with Crippen LogP contribution in [0.25, 0.3) is 11.0 Å². The minimum atomic E-state index is 0.564. The van der Waals surface area contributed by atoms with Crippen LogP contribution in [0, 0.1) is 0 Å². The first kappa shape index (κ1) is 11.5. The number of aromatic nitrogens is 2. The molecule has 96 valence electrons. The van der Waals surface area contributed by atoms with Crippen molar-refractivity contribution in [2.75, 3.05) is 19.7 Å². The number of piperidine rings is 1. The summed E-state index contributed by atoms with van der Waals surface area (Å²) in [6, 6.07) is 6.05. The molecule has 0 unspecified atom stereocenters. The van der Waals surface area contributed by atoms with Crippen LogP contribution in [0.1, 0.15) is 31.5 Å². The Morgan fingerprint density at radius 3 is 2.94 bits per heavy atom. The van der Waals surface area contributed by atoms with Gasteiger partial charge in [-0.15, -0.1) is 0 Å². The number of hydrogen-bond acceptors (Lipinski definition) is 3. The van der Waals surface area contributed by atoms with Crippen LogP contribution in [-0.2, 0) is 0 Å². The van der Waals surface area contributed by atoms with Crippen LogP contribution in [0.2, 0.25) is 0 Å². The van der Waals surface area contributed by atoms with Crippen molar-refractivity contribution in [3.63, 3.8) is 0 Å². The highest BCUT2D eigenvalue weighted by atomic mass is 16.5. The van der Waals surface area contributed by atoms with E-state index in [1.165, 1.54) is 0 Å². The van der Waals surface area contributed by atoms with Crippen LogP contribution in [0.4, 0.5) is 0 Å². The zero-order valence-corrected chi connectivity index (χ0v) is 10.7. The first-order chi connectivity index (χ1) is 8.86. The van der Waals surface area contributed by atoms with Gasteiger partial charge in [-0.3, -0.25) is 0 Å². The average Bonchev–Trinajstić information content (AvgIpc) is 2.83. The van der Waals surface area contributed by atoms with Crippen LogP contribution in [-0.4, -0.2) is 29.7 Å². The third-order valence-corrected chi connectivity index (χ3v) is 3.51. The Bertz CT molecular complexity index is 529. The minimum absolute atomic E-state index is 0.564. The molecule has 2 N–H and O–H groups in total. The average molecular weight is 245 g/mol. The SMILES string of the molecule is CCOc1ccc2nc(C3CCNCC3)[nH]c2c1. The first-order valence-electron chi connectivity index (χ1n) is 6.70. The summed E-state index contributed by atoms with van der Waals surface area (Å²) >= 11 is 0. The second kappa shape index (κ2) is 4.98. The van der Waals surface area contributed by atoms with Crippen molar-refractivity contribution in [1.29, 1.82) is 0 Å². The highest BCUT2D eigenvalue weighted by molar-refractivity contribution is 5.76. The van der Waals surface area contributed by atoms with Gasteiger partial charge in [-0.2, -0.15) is 0 Å². The molecule has 0 spiro atoms. The summed E-state index contributed by atoms with van der Waals surface area (Å²) in [5.74, 6) is 2.60. The third-order valence-electron chi connectivity index (χ3n) is 3.51. The number of nitrogens with zero attached hydrogens (tertiary/aromatic N) is 1. The van der Waals surface area contributed by atoms with E-state index < -0.39 is 0 Å². The maximum Gasteiger partial charge on any atom is 0.121 e. The summed E-state index contributed by atoms with van der Waals surface area (Å²) in [7, 11) is 0. The fourth-order valence-corrected chi connectivity index (χ4v) is 2.55. The molecular formula is C14H19N3O. The van der Waals surface area contributed by atoms with Gasteiger partial charge in [-0.05, 0) is 45.0 Å². The molecule has 2 aromatic rings. The Balaban J connectivity index is 1.89. The van der Waals surface area contributed by atoms with Gasteiger partial charge in [0.15, 0.2) is 0 Å². The fraction of sp³-hybridized carbons (Fsp3) is 0.500. The van der Waals surface area contributed by atoms with Gasteiger partial charge < -0.3 is 15.0 Å². The van der Waals surface area contributed by atoms with E-state index in [-0.39, 0.29) is 0 Å². The molecule has 3 rings (SSSR count). The van der Waals surface area contributed by atoms with Crippen molar-refractivity contribution in [2.45, 2.75) is 25.7 Å². The lowest BCUT2D eigenvalue weighted by molar-refractivity contribution is 0.340. The molecule has 1 saturated heterocycles. The molecule has 1 fully saturated rings. The second-order valence-corrected chi connectivity index (χ2v) is 4.76. The molecule has 1 aliphatic heterocycles. The minimum Gasteiger partial charge on any atom is -0.494 e. The van der Waals surface area contributed by atoms with Crippen molar-refractivity contribution in [3.8, 4) is 5.75 Å². The zero-order valence-electron chi connectivity index (χ0n) is 10.7. The van der Waals surface area contributed by atoms with Crippen LogP contribution >= 0.6 is 0 Å². The molecule has 0 saturated carbocycles. The molecule has 1 aromatic heterocycles. The molecule has 0 radical (unpaired) electrons. The number of fused-ring (bicyclic) bond motifs is 1. The number of rotatable bonds is 3. The van der Waals surface area contributed by atoms with Gasteiger partial charge >= 0.3 is 0 Å². The van der Waals surface area contributed by atoms with E-state index in [9.17, 15) is 0 Å². The van der Waals surface area contributed by atoms with Gasteiger partial charge in [0.25, 0.3) is 0 Å². The highest BCUT2D eigenvalue weighted by Crippen LogP contribution is 2.26. The normalized spacial score (nSPS) is 17.2. The maximum atomic E-state index is 5.51. The third kappa shape index (κ3) is 2.20. The molecule has 18 heavy (non-hydrogen) atoms. The number of H-pyrrole nitrogens is 1. The molecule has 1 aromatic carbocycles. The first-order valence-corrected chi connectivity index (χ1v) is 6.70. The molecule has 1 aliphatic rings. The van der Waals surface area contributed by atoms with Gasteiger partial charge in [0.2, 0.25) is 0 Å². The second-order valence-electron chi connectivity index (χ2n) is 4.76. The molecule has 4 nitrogen and oxygen atoms in total. The quantitative estimate of drug-likeness (QED) is 0.873. The van der Waals surface area contributed by atoms with Gasteiger partial charge in [-0.1, -0.05) is 0 Å². The molecule has 0 atom stereocenters. The lowest BCUT2D eigenvalue weighted by Gasteiger charge is -2.20. The largest absolute Gasteiger partial charge is 0.494 e. The number of nitrogens with one attached hydrogen (secondary N) is 2. The Hall–Kier alpha value is -1.55. The monoisotopic (exact) mass is 245 g/mol. The van der Waals surface area contributed by atoms with E-state index in [0.717, 1.165) is 48.5 Å². The number of aromatic amines is 1.